The van der Waals surface area contributed by atoms with Crippen LogP contribution in [0.15, 0.2) is 24.4 Å². The lowest BCUT2D eigenvalue weighted by atomic mass is 9.72. The molecule has 0 unspecified atom stereocenters. The van der Waals surface area contributed by atoms with Crippen molar-refractivity contribution in [2.24, 2.45) is 23.2 Å². The summed E-state index contributed by atoms with van der Waals surface area (Å²) in [5.74, 6) is 4.27. The van der Waals surface area contributed by atoms with Gasteiger partial charge in [0.15, 0.2) is 5.82 Å². The standard InChI is InChI=1S/C27H36N8O/c1-36-23-6-17(13-34-14-20-10-29-11-21(20)15-34)2-3-19(23)16-35-24-22(12-31-35)32-26(28)33-25(24)30-9-18-7-27(8-18)4-5-27/h2-3,6,12,18,20-21,29H,4-5,7-11,13-16H2,1H3,(H3,28,30,32,33)/t20-,21+. The predicted molar refractivity (Wildman–Crippen MR) is 140 cm³/mol. The van der Waals surface area contributed by atoms with Crippen molar-refractivity contribution in [1.82, 2.24) is 30.0 Å². The van der Waals surface area contributed by atoms with Crippen LogP contribution in [0, 0.1) is 23.2 Å². The highest BCUT2D eigenvalue weighted by molar-refractivity contribution is 5.86. The number of hydrogen-bond donors (Lipinski definition) is 3. The summed E-state index contributed by atoms with van der Waals surface area (Å²) in [5, 5.41) is 11.7. The number of anilines is 2. The number of ether oxygens (including phenoxy) is 1. The zero-order chi connectivity index (χ0) is 24.3. The number of methoxy groups -OCH3 is 1. The van der Waals surface area contributed by atoms with Crippen LogP contribution in [-0.4, -0.2) is 64.5 Å². The van der Waals surface area contributed by atoms with E-state index in [2.05, 4.69) is 48.8 Å². The van der Waals surface area contributed by atoms with Gasteiger partial charge in [-0.15, -0.1) is 0 Å². The maximum absolute atomic E-state index is 6.02. The van der Waals surface area contributed by atoms with Gasteiger partial charge in [0.2, 0.25) is 5.95 Å². The molecule has 7 rings (SSSR count). The van der Waals surface area contributed by atoms with E-state index in [0.29, 0.717) is 17.9 Å². The smallest absolute Gasteiger partial charge is 0.222 e. The van der Waals surface area contributed by atoms with E-state index >= 15 is 0 Å². The Labute approximate surface area is 211 Å². The lowest BCUT2D eigenvalue weighted by Crippen LogP contribution is -2.31. The molecule has 2 aliphatic carbocycles. The Morgan fingerprint density at radius 1 is 1.14 bits per heavy atom. The summed E-state index contributed by atoms with van der Waals surface area (Å²) < 4.78 is 7.79. The Morgan fingerprint density at radius 2 is 1.94 bits per heavy atom. The van der Waals surface area contributed by atoms with Crippen molar-refractivity contribution in [1.29, 1.82) is 0 Å². The third kappa shape index (κ3) is 4.08. The molecule has 0 bridgehead atoms. The van der Waals surface area contributed by atoms with Crippen LogP contribution in [0.1, 0.15) is 36.8 Å². The zero-order valence-corrected chi connectivity index (χ0v) is 21.0. The van der Waals surface area contributed by atoms with Crippen LogP contribution in [-0.2, 0) is 13.1 Å². The van der Waals surface area contributed by atoms with E-state index in [4.69, 9.17) is 10.5 Å². The highest BCUT2D eigenvalue weighted by Gasteiger charge is 2.52. The molecule has 9 heteroatoms. The highest BCUT2D eigenvalue weighted by atomic mass is 16.5. The molecule has 2 aliphatic heterocycles. The maximum Gasteiger partial charge on any atom is 0.222 e. The maximum atomic E-state index is 6.02. The van der Waals surface area contributed by atoms with Gasteiger partial charge in [0, 0.05) is 31.7 Å². The minimum absolute atomic E-state index is 0.278. The van der Waals surface area contributed by atoms with Gasteiger partial charge in [-0.3, -0.25) is 9.58 Å². The summed E-state index contributed by atoms with van der Waals surface area (Å²) in [6.07, 6.45) is 7.28. The minimum Gasteiger partial charge on any atom is -0.496 e. The van der Waals surface area contributed by atoms with Crippen LogP contribution in [0.25, 0.3) is 11.0 Å². The van der Waals surface area contributed by atoms with E-state index in [-0.39, 0.29) is 5.95 Å². The number of likely N-dealkylation sites (tertiary alicyclic amines) is 1. The van der Waals surface area contributed by atoms with Gasteiger partial charge in [-0.2, -0.15) is 10.1 Å². The Bertz CT molecular complexity index is 1260. The third-order valence-electron chi connectivity index (χ3n) is 9.01. The molecule has 4 heterocycles. The molecule has 0 radical (unpaired) electrons. The topological polar surface area (TPSA) is 106 Å². The van der Waals surface area contributed by atoms with Gasteiger partial charge in [0.05, 0.1) is 19.9 Å². The lowest BCUT2D eigenvalue weighted by Gasteiger charge is -2.36. The van der Waals surface area contributed by atoms with Crippen molar-refractivity contribution >= 4 is 22.8 Å². The molecular formula is C27H36N8O. The molecule has 3 aromatic rings. The van der Waals surface area contributed by atoms with Gasteiger partial charge in [-0.05, 0) is 73.6 Å². The molecule has 2 atom stereocenters. The average Bonchev–Trinajstić information content (AvgIpc) is 3.13. The first-order valence-electron chi connectivity index (χ1n) is 13.4. The summed E-state index contributed by atoms with van der Waals surface area (Å²) in [5.41, 5.74) is 10.8. The van der Waals surface area contributed by atoms with Crippen LogP contribution in [0.4, 0.5) is 11.8 Å². The van der Waals surface area contributed by atoms with Crippen LogP contribution < -0.4 is 21.1 Å². The van der Waals surface area contributed by atoms with E-state index in [1.165, 1.54) is 44.3 Å². The number of benzene rings is 1. The molecule has 2 aromatic heterocycles. The Morgan fingerprint density at radius 3 is 2.69 bits per heavy atom. The molecule has 190 valence electrons. The van der Waals surface area contributed by atoms with E-state index in [9.17, 15) is 0 Å². The average molecular weight is 489 g/mol. The molecule has 1 spiro atoms. The first-order chi connectivity index (χ1) is 17.6. The molecule has 9 nitrogen and oxygen atoms in total. The monoisotopic (exact) mass is 488 g/mol. The van der Waals surface area contributed by atoms with Gasteiger partial charge >= 0.3 is 0 Å². The second kappa shape index (κ2) is 8.59. The lowest BCUT2D eigenvalue weighted by molar-refractivity contribution is 0.180. The molecule has 36 heavy (non-hydrogen) atoms. The van der Waals surface area contributed by atoms with Gasteiger partial charge in [-0.1, -0.05) is 12.1 Å². The highest BCUT2D eigenvalue weighted by Crippen LogP contribution is 2.63. The van der Waals surface area contributed by atoms with Crippen LogP contribution in [0.3, 0.4) is 0 Å². The van der Waals surface area contributed by atoms with Gasteiger partial charge in [-0.25, -0.2) is 4.98 Å². The molecule has 1 aromatic carbocycles. The number of nitrogen functional groups attached to an aromatic ring is 1. The number of nitrogens with one attached hydrogen (secondary N) is 2. The van der Waals surface area contributed by atoms with Crippen molar-refractivity contribution in [2.75, 3.05) is 50.9 Å². The van der Waals surface area contributed by atoms with E-state index in [1.807, 2.05) is 4.68 Å². The van der Waals surface area contributed by atoms with Crippen molar-refractivity contribution in [3.8, 4) is 5.75 Å². The third-order valence-corrected chi connectivity index (χ3v) is 9.01. The fourth-order valence-electron chi connectivity index (χ4n) is 6.91. The summed E-state index contributed by atoms with van der Waals surface area (Å²) in [6, 6.07) is 6.59. The second-order valence-electron chi connectivity index (χ2n) is 11.6. The fourth-order valence-corrected chi connectivity index (χ4v) is 6.91. The van der Waals surface area contributed by atoms with Gasteiger partial charge in [0.25, 0.3) is 0 Å². The normalized spacial score (nSPS) is 24.8. The first kappa shape index (κ1) is 22.3. The molecule has 0 amide bonds. The molecule has 2 saturated heterocycles. The molecule has 4 aliphatic rings. The molecule has 4 N–H and O–H groups in total. The summed E-state index contributed by atoms with van der Waals surface area (Å²) in [4.78, 5) is 11.6. The minimum atomic E-state index is 0.278. The van der Waals surface area contributed by atoms with Crippen LogP contribution >= 0.6 is 0 Å². The van der Waals surface area contributed by atoms with Crippen molar-refractivity contribution in [2.45, 2.75) is 38.8 Å². The fraction of sp³-hybridized carbons (Fsp3) is 0.593. The number of nitrogens with two attached hydrogens (primary N) is 1. The van der Waals surface area contributed by atoms with E-state index in [1.54, 1.807) is 13.3 Å². The van der Waals surface area contributed by atoms with Crippen molar-refractivity contribution < 1.29 is 4.74 Å². The Balaban J connectivity index is 1.09. The summed E-state index contributed by atoms with van der Waals surface area (Å²) in [6.45, 7) is 7.16. The number of nitrogens with zero attached hydrogens (tertiary/aromatic N) is 5. The molecule has 4 fully saturated rings. The largest absolute Gasteiger partial charge is 0.496 e. The van der Waals surface area contributed by atoms with Crippen LogP contribution in [0.5, 0.6) is 5.75 Å². The second-order valence-corrected chi connectivity index (χ2v) is 11.6. The Kier molecular flexibility index (Phi) is 5.32. The van der Waals surface area contributed by atoms with Crippen molar-refractivity contribution in [3.63, 3.8) is 0 Å². The molecule has 2 saturated carbocycles. The number of fused-ring (bicyclic) bond motifs is 2. The SMILES string of the molecule is COc1cc(CN2C[C@H]3CNC[C@H]3C2)ccc1Cn1ncc2nc(N)nc(NCC3CC4(CC4)C3)c21. The summed E-state index contributed by atoms with van der Waals surface area (Å²) in [7, 11) is 1.75. The van der Waals surface area contributed by atoms with Gasteiger partial charge < -0.3 is 21.1 Å². The number of rotatable bonds is 8. The zero-order valence-electron chi connectivity index (χ0n) is 21.0. The first-order valence-corrected chi connectivity index (χ1v) is 13.4. The number of aromatic nitrogens is 4. The number of hydrogen-bond acceptors (Lipinski definition) is 8. The summed E-state index contributed by atoms with van der Waals surface area (Å²) >= 11 is 0. The quantitative estimate of drug-likeness (QED) is 0.444. The van der Waals surface area contributed by atoms with Gasteiger partial charge in [0.1, 0.15) is 16.8 Å². The molecular weight excluding hydrogens is 452 g/mol. The van der Waals surface area contributed by atoms with E-state index in [0.717, 1.165) is 66.2 Å². The van der Waals surface area contributed by atoms with Crippen molar-refractivity contribution in [3.05, 3.63) is 35.5 Å². The van der Waals surface area contributed by atoms with Crippen LogP contribution in [0.2, 0.25) is 0 Å². The van der Waals surface area contributed by atoms with E-state index < -0.39 is 0 Å². The predicted octanol–water partition coefficient (Wildman–Crippen LogP) is 2.72. The Hall–Kier alpha value is -2.91.